The van der Waals surface area contributed by atoms with Gasteiger partial charge in [-0.05, 0) is 35.8 Å². The Bertz CT molecular complexity index is 322. The SMILES string of the molecule is CC[Si](CC)(Cc1cc(F)cc(F)c1)OC. The van der Waals surface area contributed by atoms with Crippen LogP contribution in [0.15, 0.2) is 18.2 Å². The third-order valence-corrected chi connectivity index (χ3v) is 7.67. The highest BCUT2D eigenvalue weighted by atomic mass is 28.4. The van der Waals surface area contributed by atoms with E-state index in [4.69, 9.17) is 4.43 Å². The summed E-state index contributed by atoms with van der Waals surface area (Å²) in [6.45, 7) is 4.16. The summed E-state index contributed by atoms with van der Waals surface area (Å²) >= 11 is 0. The summed E-state index contributed by atoms with van der Waals surface area (Å²) in [5.41, 5.74) is 0.703. The Morgan fingerprint density at radius 2 is 1.56 bits per heavy atom. The molecule has 0 aliphatic carbocycles. The van der Waals surface area contributed by atoms with Crippen LogP contribution in [0.3, 0.4) is 0 Å². The molecule has 0 aliphatic rings. The summed E-state index contributed by atoms with van der Waals surface area (Å²) in [5, 5.41) is 0. The van der Waals surface area contributed by atoms with Gasteiger partial charge in [-0.2, -0.15) is 0 Å². The largest absolute Gasteiger partial charge is 0.420 e. The molecule has 16 heavy (non-hydrogen) atoms. The van der Waals surface area contributed by atoms with Gasteiger partial charge in [-0.3, -0.25) is 0 Å². The second-order valence-corrected chi connectivity index (χ2v) is 8.59. The highest BCUT2D eigenvalue weighted by Gasteiger charge is 2.30. The molecule has 90 valence electrons. The quantitative estimate of drug-likeness (QED) is 0.718. The Morgan fingerprint density at radius 1 is 1.06 bits per heavy atom. The molecular formula is C12H18F2OSi. The number of hydrogen-bond acceptors (Lipinski definition) is 1. The average Bonchev–Trinajstić information content (AvgIpc) is 2.25. The first-order chi connectivity index (χ1) is 7.55. The summed E-state index contributed by atoms with van der Waals surface area (Å²) in [6.07, 6.45) is 0. The number of hydrogen-bond donors (Lipinski definition) is 0. The fourth-order valence-corrected chi connectivity index (χ4v) is 4.62. The Balaban J connectivity index is 2.93. The summed E-state index contributed by atoms with van der Waals surface area (Å²) in [6, 6.07) is 6.28. The lowest BCUT2D eigenvalue weighted by molar-refractivity contribution is 0.391. The van der Waals surface area contributed by atoms with Gasteiger partial charge in [0.2, 0.25) is 0 Å². The molecule has 0 bridgehead atoms. The molecule has 0 fully saturated rings. The van der Waals surface area contributed by atoms with E-state index < -0.39 is 20.0 Å². The van der Waals surface area contributed by atoms with Crippen LogP contribution < -0.4 is 0 Å². The molecule has 0 amide bonds. The maximum absolute atomic E-state index is 13.0. The summed E-state index contributed by atoms with van der Waals surface area (Å²) in [4.78, 5) is 0. The molecular weight excluding hydrogens is 226 g/mol. The number of halogens is 2. The van der Waals surface area contributed by atoms with E-state index in [0.29, 0.717) is 11.6 Å². The summed E-state index contributed by atoms with van der Waals surface area (Å²) in [7, 11) is -0.134. The molecule has 1 rings (SSSR count). The van der Waals surface area contributed by atoms with E-state index in [1.807, 2.05) is 0 Å². The van der Waals surface area contributed by atoms with E-state index in [0.717, 1.165) is 18.2 Å². The van der Waals surface area contributed by atoms with Gasteiger partial charge < -0.3 is 4.43 Å². The molecule has 1 aromatic carbocycles. The van der Waals surface area contributed by atoms with Crippen LogP contribution in [-0.4, -0.2) is 15.4 Å². The summed E-state index contributed by atoms with van der Waals surface area (Å²) in [5.74, 6) is -1.03. The lowest BCUT2D eigenvalue weighted by Crippen LogP contribution is -2.38. The van der Waals surface area contributed by atoms with Crippen molar-refractivity contribution in [2.24, 2.45) is 0 Å². The minimum atomic E-state index is -1.84. The maximum Gasteiger partial charge on any atom is 0.196 e. The predicted molar refractivity (Wildman–Crippen MR) is 63.8 cm³/mol. The molecule has 0 saturated carbocycles. The van der Waals surface area contributed by atoms with Crippen LogP contribution in [0.25, 0.3) is 0 Å². The maximum atomic E-state index is 13.0. The molecule has 1 aromatic rings. The Morgan fingerprint density at radius 3 is 1.94 bits per heavy atom. The standard InChI is InChI=1S/C12H18F2OSi/c1-4-16(5-2,15-3)9-10-6-11(13)8-12(14)7-10/h6-8H,4-5,9H2,1-3H3. The van der Waals surface area contributed by atoms with Crippen molar-refractivity contribution in [1.82, 2.24) is 0 Å². The van der Waals surface area contributed by atoms with Gasteiger partial charge in [-0.15, -0.1) is 0 Å². The monoisotopic (exact) mass is 244 g/mol. The molecule has 0 radical (unpaired) electrons. The topological polar surface area (TPSA) is 9.23 Å². The normalized spacial score (nSPS) is 11.8. The Labute approximate surface area is 96.6 Å². The van der Waals surface area contributed by atoms with Gasteiger partial charge in [0.1, 0.15) is 11.6 Å². The van der Waals surface area contributed by atoms with Gasteiger partial charge in [-0.1, -0.05) is 13.8 Å². The van der Waals surface area contributed by atoms with Crippen molar-refractivity contribution in [2.75, 3.05) is 7.11 Å². The first-order valence-electron chi connectivity index (χ1n) is 5.55. The van der Waals surface area contributed by atoms with Crippen LogP contribution >= 0.6 is 0 Å². The second-order valence-electron chi connectivity index (χ2n) is 4.05. The first kappa shape index (κ1) is 13.3. The van der Waals surface area contributed by atoms with E-state index in [1.54, 1.807) is 7.11 Å². The van der Waals surface area contributed by atoms with Crippen LogP contribution in [0.4, 0.5) is 8.78 Å². The third kappa shape index (κ3) is 3.12. The van der Waals surface area contributed by atoms with Crippen LogP contribution in [0, 0.1) is 11.6 Å². The van der Waals surface area contributed by atoms with Gasteiger partial charge in [0, 0.05) is 13.2 Å². The van der Waals surface area contributed by atoms with Crippen molar-refractivity contribution in [3.63, 3.8) is 0 Å². The van der Waals surface area contributed by atoms with Crippen molar-refractivity contribution in [3.05, 3.63) is 35.4 Å². The van der Waals surface area contributed by atoms with Crippen LogP contribution in [0.5, 0.6) is 0 Å². The Hall–Kier alpha value is -0.743. The second kappa shape index (κ2) is 5.55. The van der Waals surface area contributed by atoms with Crippen molar-refractivity contribution in [1.29, 1.82) is 0 Å². The fraction of sp³-hybridized carbons (Fsp3) is 0.500. The molecule has 0 unspecified atom stereocenters. The lowest BCUT2D eigenvalue weighted by Gasteiger charge is -2.27. The summed E-state index contributed by atoms with van der Waals surface area (Å²) < 4.78 is 31.7. The molecule has 1 nitrogen and oxygen atoms in total. The number of benzene rings is 1. The molecule has 0 aliphatic heterocycles. The smallest absolute Gasteiger partial charge is 0.196 e. The van der Waals surface area contributed by atoms with Crippen LogP contribution in [0.2, 0.25) is 12.1 Å². The van der Waals surface area contributed by atoms with Crippen molar-refractivity contribution >= 4 is 8.32 Å². The van der Waals surface area contributed by atoms with Gasteiger partial charge >= 0.3 is 0 Å². The first-order valence-corrected chi connectivity index (χ1v) is 8.08. The van der Waals surface area contributed by atoms with E-state index in [9.17, 15) is 8.78 Å². The average molecular weight is 244 g/mol. The van der Waals surface area contributed by atoms with Gasteiger partial charge in [0.25, 0.3) is 0 Å². The van der Waals surface area contributed by atoms with Gasteiger partial charge in [-0.25, -0.2) is 8.78 Å². The van der Waals surface area contributed by atoms with Crippen LogP contribution in [0.1, 0.15) is 19.4 Å². The number of rotatable bonds is 5. The molecule has 0 N–H and O–H groups in total. The lowest BCUT2D eigenvalue weighted by atomic mass is 10.2. The minimum Gasteiger partial charge on any atom is -0.420 e. The highest BCUT2D eigenvalue weighted by Crippen LogP contribution is 2.22. The van der Waals surface area contributed by atoms with E-state index in [1.165, 1.54) is 12.1 Å². The molecule has 0 atom stereocenters. The molecule has 0 heterocycles. The van der Waals surface area contributed by atoms with Crippen molar-refractivity contribution < 1.29 is 13.2 Å². The van der Waals surface area contributed by atoms with Gasteiger partial charge in [0.05, 0.1) is 0 Å². The van der Waals surface area contributed by atoms with Gasteiger partial charge in [0.15, 0.2) is 8.32 Å². The van der Waals surface area contributed by atoms with Crippen molar-refractivity contribution in [3.8, 4) is 0 Å². The molecule has 0 saturated heterocycles. The Kier molecular flexibility index (Phi) is 4.62. The fourth-order valence-electron chi connectivity index (χ4n) is 1.95. The molecule has 0 spiro atoms. The predicted octanol–water partition coefficient (Wildman–Crippen LogP) is 3.68. The molecule has 4 heteroatoms. The molecule has 0 aromatic heterocycles. The zero-order valence-electron chi connectivity index (χ0n) is 10.0. The van der Waals surface area contributed by atoms with Crippen LogP contribution in [-0.2, 0) is 10.5 Å². The van der Waals surface area contributed by atoms with E-state index >= 15 is 0 Å². The highest BCUT2D eigenvalue weighted by molar-refractivity contribution is 6.73. The van der Waals surface area contributed by atoms with Crippen molar-refractivity contribution in [2.45, 2.75) is 32.0 Å². The minimum absolute atomic E-state index is 0.513. The van der Waals surface area contributed by atoms with E-state index in [-0.39, 0.29) is 0 Å². The zero-order chi connectivity index (χ0) is 12.2. The third-order valence-electron chi connectivity index (χ3n) is 3.17. The van der Waals surface area contributed by atoms with E-state index in [2.05, 4.69) is 13.8 Å². The zero-order valence-corrected chi connectivity index (χ0v) is 11.0.